The quantitative estimate of drug-likeness (QED) is 0.456. The fourth-order valence-electron chi connectivity index (χ4n) is 3.49. The summed E-state index contributed by atoms with van der Waals surface area (Å²) < 4.78 is 15.6. The average Bonchev–Trinajstić information content (AvgIpc) is 3.68. The van der Waals surface area contributed by atoms with Gasteiger partial charge in [0.15, 0.2) is 0 Å². The molecule has 0 aromatic heterocycles. The summed E-state index contributed by atoms with van der Waals surface area (Å²) in [5, 5.41) is 22.9. The lowest BCUT2D eigenvalue weighted by Crippen LogP contribution is -2.01. The third-order valence-corrected chi connectivity index (χ3v) is 5.41. The van der Waals surface area contributed by atoms with Crippen LogP contribution in [0.1, 0.15) is 23.3 Å². The summed E-state index contributed by atoms with van der Waals surface area (Å²) in [6.07, 6.45) is -0.483. The van der Waals surface area contributed by atoms with Crippen LogP contribution >= 0.6 is 0 Å². The number of hydrogen-bond donors (Lipinski definition) is 2. The Morgan fingerprint density at radius 3 is 1.87 bits per heavy atom. The van der Waals surface area contributed by atoms with Crippen molar-refractivity contribution >= 4 is 21.5 Å². The second-order valence-electron chi connectivity index (χ2n) is 7.47. The number of aliphatic hydroxyl groups is 2. The minimum Gasteiger partial charge on any atom is -0.497 e. The van der Waals surface area contributed by atoms with Crippen LogP contribution in [0.2, 0.25) is 0 Å². The van der Waals surface area contributed by atoms with Crippen molar-refractivity contribution in [1.82, 2.24) is 0 Å². The molecule has 0 amide bonds. The zero-order valence-corrected chi connectivity index (χ0v) is 17.6. The maximum atomic E-state index is 9.51. The molecule has 2 unspecified atom stereocenters. The van der Waals surface area contributed by atoms with E-state index in [1.807, 2.05) is 48.5 Å². The van der Waals surface area contributed by atoms with Crippen molar-refractivity contribution in [3.63, 3.8) is 0 Å². The van der Waals surface area contributed by atoms with E-state index in [-0.39, 0.29) is 6.61 Å². The minimum absolute atomic E-state index is 0.262. The molecule has 1 aliphatic heterocycles. The third-order valence-electron chi connectivity index (χ3n) is 5.41. The lowest BCUT2D eigenvalue weighted by Gasteiger charge is -2.09. The van der Waals surface area contributed by atoms with Gasteiger partial charge in [-0.15, -0.1) is 0 Å². The van der Waals surface area contributed by atoms with Gasteiger partial charge >= 0.3 is 0 Å². The highest BCUT2D eigenvalue weighted by atomic mass is 16.6. The van der Waals surface area contributed by atoms with Gasteiger partial charge in [-0.3, -0.25) is 0 Å². The Morgan fingerprint density at radius 1 is 0.806 bits per heavy atom. The van der Waals surface area contributed by atoms with Gasteiger partial charge in [0, 0.05) is 0 Å². The van der Waals surface area contributed by atoms with Crippen LogP contribution in [0, 0.1) is 0 Å². The molecule has 1 heterocycles. The van der Waals surface area contributed by atoms with E-state index in [1.165, 1.54) is 16.3 Å². The molecule has 2 N–H and O–H groups in total. The Kier molecular flexibility index (Phi) is 6.37. The number of benzene rings is 4. The zero-order valence-electron chi connectivity index (χ0n) is 17.6. The Balaban J connectivity index is 0.000000149. The largest absolute Gasteiger partial charge is 0.497 e. The summed E-state index contributed by atoms with van der Waals surface area (Å²) in [5.74, 6) is 1.71. The highest BCUT2D eigenvalue weighted by molar-refractivity contribution is 5.85. The van der Waals surface area contributed by atoms with E-state index in [0.717, 1.165) is 34.4 Å². The van der Waals surface area contributed by atoms with Crippen LogP contribution in [-0.2, 0) is 4.74 Å². The van der Waals surface area contributed by atoms with Gasteiger partial charge in [0.1, 0.15) is 23.7 Å². The van der Waals surface area contributed by atoms with E-state index in [9.17, 15) is 5.11 Å². The molecule has 5 rings (SSSR count). The van der Waals surface area contributed by atoms with Gasteiger partial charge in [0.05, 0.1) is 27.4 Å². The van der Waals surface area contributed by atoms with Gasteiger partial charge in [-0.2, -0.15) is 0 Å². The van der Waals surface area contributed by atoms with Gasteiger partial charge in [-0.05, 0) is 69.1 Å². The predicted octanol–water partition coefficient (Wildman–Crippen LogP) is 4.79. The summed E-state index contributed by atoms with van der Waals surface area (Å²) >= 11 is 0. The molecule has 1 saturated heterocycles. The number of ether oxygens (including phenoxy) is 3. The average molecular weight is 418 g/mol. The molecule has 5 heteroatoms. The SMILES string of the molecule is COc1ccc2cc(C(O)CO)ccc2c1.COc1ccc2cc(C3CO3)ccc2c1. The van der Waals surface area contributed by atoms with E-state index in [1.54, 1.807) is 14.2 Å². The molecule has 4 aromatic carbocycles. The molecule has 4 aromatic rings. The standard InChI is InChI=1S/C13H14O3.C13H12O2/c1-16-12-5-4-9-6-11(13(15)8-14)3-2-10(9)7-12;1-14-12-5-4-9-6-11(13-8-15-13)3-2-10(9)7-12/h2-7,13-15H,8H2,1H3;2-7,13H,8H2,1H3. The first kappa shape index (κ1) is 21.1. The Morgan fingerprint density at radius 2 is 1.32 bits per heavy atom. The molecule has 2 atom stereocenters. The van der Waals surface area contributed by atoms with Crippen LogP contribution in [0.25, 0.3) is 21.5 Å². The summed E-state index contributed by atoms with van der Waals surface area (Å²) in [7, 11) is 3.32. The van der Waals surface area contributed by atoms with Crippen molar-refractivity contribution in [2.75, 3.05) is 27.4 Å². The summed E-state index contributed by atoms with van der Waals surface area (Å²) in [6.45, 7) is 0.601. The van der Waals surface area contributed by atoms with Crippen molar-refractivity contribution in [3.05, 3.63) is 83.9 Å². The predicted molar refractivity (Wildman–Crippen MR) is 122 cm³/mol. The van der Waals surface area contributed by atoms with E-state index in [4.69, 9.17) is 19.3 Å². The number of rotatable bonds is 5. The Hall–Kier alpha value is -3.12. The maximum absolute atomic E-state index is 9.51. The van der Waals surface area contributed by atoms with Gasteiger partial charge in [0.25, 0.3) is 0 Å². The normalized spacial score (nSPS) is 15.8. The van der Waals surface area contributed by atoms with Crippen LogP contribution in [0.15, 0.2) is 72.8 Å². The minimum atomic E-state index is -0.813. The van der Waals surface area contributed by atoms with Crippen molar-refractivity contribution in [2.45, 2.75) is 12.2 Å². The highest BCUT2D eigenvalue weighted by Crippen LogP contribution is 2.32. The van der Waals surface area contributed by atoms with Gasteiger partial charge in [-0.25, -0.2) is 0 Å². The molecule has 0 saturated carbocycles. The van der Waals surface area contributed by atoms with Crippen LogP contribution < -0.4 is 9.47 Å². The molecular formula is C26H26O5. The summed E-state index contributed by atoms with van der Waals surface area (Å²) in [6, 6.07) is 23.9. The maximum Gasteiger partial charge on any atom is 0.119 e. The molecular weight excluding hydrogens is 392 g/mol. The molecule has 5 nitrogen and oxygen atoms in total. The second kappa shape index (κ2) is 9.35. The molecule has 1 aliphatic rings. The van der Waals surface area contributed by atoms with E-state index in [0.29, 0.717) is 6.10 Å². The molecule has 1 fully saturated rings. The first-order valence-corrected chi connectivity index (χ1v) is 10.2. The lowest BCUT2D eigenvalue weighted by molar-refractivity contribution is 0.0957. The number of fused-ring (bicyclic) bond motifs is 2. The molecule has 160 valence electrons. The molecule has 0 spiro atoms. The zero-order chi connectivity index (χ0) is 21.8. The van der Waals surface area contributed by atoms with Gasteiger partial charge < -0.3 is 24.4 Å². The van der Waals surface area contributed by atoms with E-state index in [2.05, 4.69) is 24.3 Å². The molecule has 0 bridgehead atoms. The van der Waals surface area contributed by atoms with E-state index < -0.39 is 6.10 Å². The fourth-order valence-corrected chi connectivity index (χ4v) is 3.49. The van der Waals surface area contributed by atoms with Crippen molar-refractivity contribution in [1.29, 1.82) is 0 Å². The topological polar surface area (TPSA) is 71.5 Å². The second-order valence-corrected chi connectivity index (χ2v) is 7.47. The van der Waals surface area contributed by atoms with Crippen molar-refractivity contribution in [2.24, 2.45) is 0 Å². The third kappa shape index (κ3) is 4.97. The Labute approximate surface area is 181 Å². The number of aliphatic hydroxyl groups excluding tert-OH is 2. The molecule has 0 aliphatic carbocycles. The number of hydrogen-bond acceptors (Lipinski definition) is 5. The first-order chi connectivity index (χ1) is 15.1. The number of epoxide rings is 1. The molecule has 31 heavy (non-hydrogen) atoms. The first-order valence-electron chi connectivity index (χ1n) is 10.2. The monoisotopic (exact) mass is 418 g/mol. The summed E-state index contributed by atoms with van der Waals surface area (Å²) in [5.41, 5.74) is 1.99. The van der Waals surface area contributed by atoms with Gasteiger partial charge in [-0.1, -0.05) is 36.4 Å². The van der Waals surface area contributed by atoms with Crippen molar-refractivity contribution in [3.8, 4) is 11.5 Å². The molecule has 0 radical (unpaired) electrons. The van der Waals surface area contributed by atoms with Crippen molar-refractivity contribution < 1.29 is 24.4 Å². The smallest absolute Gasteiger partial charge is 0.119 e. The lowest BCUT2D eigenvalue weighted by atomic mass is 10.0. The highest BCUT2D eigenvalue weighted by Gasteiger charge is 2.24. The van der Waals surface area contributed by atoms with Crippen LogP contribution in [0.4, 0.5) is 0 Å². The fraction of sp³-hybridized carbons (Fsp3) is 0.231. The van der Waals surface area contributed by atoms with E-state index >= 15 is 0 Å². The van der Waals surface area contributed by atoms with Gasteiger partial charge in [0.2, 0.25) is 0 Å². The van der Waals surface area contributed by atoms with Crippen LogP contribution in [0.5, 0.6) is 11.5 Å². The van der Waals surface area contributed by atoms with Crippen LogP contribution in [0.3, 0.4) is 0 Å². The number of methoxy groups -OCH3 is 2. The Bertz CT molecular complexity index is 1180. The summed E-state index contributed by atoms with van der Waals surface area (Å²) in [4.78, 5) is 0. The van der Waals surface area contributed by atoms with Crippen LogP contribution in [-0.4, -0.2) is 37.6 Å².